The number of nitrogens with two attached hydrogens (primary N) is 1. The van der Waals surface area contributed by atoms with Crippen molar-refractivity contribution >= 4 is 23.5 Å². The van der Waals surface area contributed by atoms with Crippen LogP contribution in [0, 0.1) is 5.92 Å². The second-order valence-electron chi connectivity index (χ2n) is 5.13. The van der Waals surface area contributed by atoms with Gasteiger partial charge in [0.2, 0.25) is 0 Å². The smallest absolute Gasteiger partial charge is 0.316 e. The molecule has 124 valence electrons. The third kappa shape index (κ3) is 4.92. The molecule has 4 N–H and O–H groups in total. The number of rotatable bonds is 4. The minimum absolute atomic E-state index is 0.0652. The summed E-state index contributed by atoms with van der Waals surface area (Å²) in [7, 11) is 0. The molecule has 0 unspecified atom stereocenters. The number of carbonyl (C=O) groups is 3. The molecule has 0 aliphatic heterocycles. The van der Waals surface area contributed by atoms with Gasteiger partial charge in [-0.2, -0.15) is 0 Å². The highest BCUT2D eigenvalue weighted by molar-refractivity contribution is 6.39. The monoisotopic (exact) mass is 322 g/mol. The van der Waals surface area contributed by atoms with E-state index in [9.17, 15) is 14.4 Å². The molecule has 0 saturated heterocycles. The maximum absolute atomic E-state index is 11.8. The molecule has 1 aliphatic carbocycles. The lowest BCUT2D eigenvalue weighted by Gasteiger charge is -2.18. The van der Waals surface area contributed by atoms with Gasteiger partial charge >= 0.3 is 17.8 Å². The minimum atomic E-state index is -0.980. The molecule has 0 radical (unpaired) electrons. The van der Waals surface area contributed by atoms with Crippen LogP contribution in [0.5, 0.6) is 5.88 Å². The highest BCUT2D eigenvalue weighted by Gasteiger charge is 2.24. The molecule has 0 aromatic carbocycles. The third-order valence-corrected chi connectivity index (χ3v) is 3.48. The molecule has 1 aromatic heterocycles. The second-order valence-corrected chi connectivity index (χ2v) is 5.13. The average Bonchev–Trinajstić information content (AvgIpc) is 2.60. The van der Waals surface area contributed by atoms with Gasteiger partial charge < -0.3 is 5.32 Å². The van der Waals surface area contributed by atoms with Gasteiger partial charge in [-0.15, -0.1) is 0 Å². The van der Waals surface area contributed by atoms with E-state index in [0.717, 1.165) is 32.1 Å². The maximum Gasteiger partial charge on any atom is 0.358 e. The average molecular weight is 322 g/mol. The number of anilines is 1. The number of hydrogen-bond donors (Lipinski definition) is 3. The van der Waals surface area contributed by atoms with E-state index in [1.165, 1.54) is 18.3 Å². The lowest BCUT2D eigenvalue weighted by Crippen LogP contribution is -2.39. The highest BCUT2D eigenvalue weighted by atomic mass is 17.2. The highest BCUT2D eigenvalue weighted by Crippen LogP contribution is 2.25. The Morgan fingerprint density at radius 1 is 1.13 bits per heavy atom. The summed E-state index contributed by atoms with van der Waals surface area (Å²) in [6.45, 7) is 0. The Labute approximate surface area is 132 Å². The molecule has 2 amide bonds. The Kier molecular flexibility index (Phi) is 5.87. The van der Waals surface area contributed by atoms with Crippen molar-refractivity contribution < 1.29 is 24.2 Å². The molecule has 23 heavy (non-hydrogen) atoms. The number of nitrogens with one attached hydrogen (secondary N) is 2. The maximum atomic E-state index is 11.8. The van der Waals surface area contributed by atoms with E-state index in [1.54, 1.807) is 5.43 Å². The molecular formula is C14H18N4O5. The summed E-state index contributed by atoms with van der Waals surface area (Å²) in [6, 6.07) is 2.84. The number of amides is 2. The van der Waals surface area contributed by atoms with Gasteiger partial charge in [0.25, 0.3) is 5.88 Å². The van der Waals surface area contributed by atoms with E-state index in [1.807, 2.05) is 0 Å². The Morgan fingerprint density at radius 3 is 2.48 bits per heavy atom. The molecule has 2 rings (SSSR count). The van der Waals surface area contributed by atoms with Gasteiger partial charge in [-0.25, -0.2) is 20.5 Å². The predicted molar refractivity (Wildman–Crippen MR) is 78.5 cm³/mol. The first kappa shape index (κ1) is 16.7. The fourth-order valence-electron chi connectivity index (χ4n) is 2.25. The van der Waals surface area contributed by atoms with E-state index in [2.05, 4.69) is 10.3 Å². The van der Waals surface area contributed by atoms with E-state index in [4.69, 9.17) is 15.6 Å². The standard InChI is InChI=1S/C14H18N4O5/c15-18-13(20)12(19)17-10-6-7-11(16-8-10)22-23-14(21)9-4-2-1-3-5-9/h6-9H,1-5,15H2,(H,17,19)(H,18,20). The minimum Gasteiger partial charge on any atom is -0.316 e. The van der Waals surface area contributed by atoms with Crippen molar-refractivity contribution in [3.63, 3.8) is 0 Å². The number of carbonyl (C=O) groups excluding carboxylic acids is 3. The molecule has 9 heteroatoms. The van der Waals surface area contributed by atoms with Gasteiger partial charge in [0.1, 0.15) is 0 Å². The molecule has 1 heterocycles. The zero-order valence-corrected chi connectivity index (χ0v) is 12.4. The number of hydrogen-bond acceptors (Lipinski definition) is 7. The van der Waals surface area contributed by atoms with Crippen molar-refractivity contribution in [2.24, 2.45) is 11.8 Å². The van der Waals surface area contributed by atoms with Crippen LogP contribution in [0.15, 0.2) is 18.3 Å². The molecular weight excluding hydrogens is 304 g/mol. The van der Waals surface area contributed by atoms with Crippen molar-refractivity contribution in [3.05, 3.63) is 18.3 Å². The molecule has 0 atom stereocenters. The zero-order chi connectivity index (χ0) is 16.7. The number of aromatic nitrogens is 1. The molecule has 1 fully saturated rings. The lowest BCUT2D eigenvalue weighted by atomic mass is 9.89. The topological polar surface area (TPSA) is 133 Å². The number of pyridine rings is 1. The van der Waals surface area contributed by atoms with Crippen molar-refractivity contribution in [2.45, 2.75) is 32.1 Å². The Hall–Kier alpha value is -2.68. The largest absolute Gasteiger partial charge is 0.358 e. The summed E-state index contributed by atoms with van der Waals surface area (Å²) in [6.07, 6.45) is 6.05. The van der Waals surface area contributed by atoms with Crippen LogP contribution >= 0.6 is 0 Å². The van der Waals surface area contributed by atoms with E-state index < -0.39 is 17.8 Å². The van der Waals surface area contributed by atoms with Gasteiger partial charge in [-0.05, 0) is 18.9 Å². The van der Waals surface area contributed by atoms with Crippen LogP contribution in [-0.2, 0) is 19.3 Å². The summed E-state index contributed by atoms with van der Waals surface area (Å²) < 4.78 is 0. The van der Waals surface area contributed by atoms with E-state index in [0.29, 0.717) is 0 Å². The predicted octanol–water partition coefficient (Wildman–Crippen LogP) is 0.427. The van der Waals surface area contributed by atoms with Crippen LogP contribution in [0.4, 0.5) is 5.69 Å². The molecule has 1 saturated carbocycles. The van der Waals surface area contributed by atoms with E-state index in [-0.39, 0.29) is 17.5 Å². The van der Waals surface area contributed by atoms with Crippen LogP contribution in [-0.4, -0.2) is 22.8 Å². The Bertz CT molecular complexity index is 569. The molecule has 0 bridgehead atoms. The van der Waals surface area contributed by atoms with Crippen LogP contribution in [0.3, 0.4) is 0 Å². The van der Waals surface area contributed by atoms with Crippen molar-refractivity contribution in [2.75, 3.05) is 5.32 Å². The molecule has 1 aliphatic rings. The summed E-state index contributed by atoms with van der Waals surface area (Å²) in [5.74, 6) is 2.47. The first-order valence-electron chi connectivity index (χ1n) is 7.26. The van der Waals surface area contributed by atoms with Crippen LogP contribution in [0.25, 0.3) is 0 Å². The quantitative estimate of drug-likeness (QED) is 0.241. The molecule has 9 nitrogen and oxygen atoms in total. The summed E-state index contributed by atoms with van der Waals surface area (Å²) in [5.41, 5.74) is 1.97. The first-order valence-corrected chi connectivity index (χ1v) is 7.26. The normalized spacial score (nSPS) is 14.7. The Morgan fingerprint density at radius 2 is 1.87 bits per heavy atom. The number of nitrogens with zero attached hydrogens (tertiary/aromatic N) is 1. The van der Waals surface area contributed by atoms with Crippen molar-refractivity contribution in [3.8, 4) is 5.88 Å². The summed E-state index contributed by atoms with van der Waals surface area (Å²) >= 11 is 0. The third-order valence-electron chi connectivity index (χ3n) is 3.48. The fraction of sp³-hybridized carbons (Fsp3) is 0.429. The number of hydrazine groups is 1. The van der Waals surface area contributed by atoms with Gasteiger partial charge in [0.15, 0.2) is 0 Å². The van der Waals surface area contributed by atoms with Crippen LogP contribution < -0.4 is 21.5 Å². The van der Waals surface area contributed by atoms with E-state index >= 15 is 0 Å². The molecule has 1 aromatic rings. The van der Waals surface area contributed by atoms with Gasteiger partial charge in [0.05, 0.1) is 17.8 Å². The second kappa shape index (κ2) is 8.08. The van der Waals surface area contributed by atoms with Crippen molar-refractivity contribution in [1.82, 2.24) is 10.4 Å². The Balaban J connectivity index is 1.81. The zero-order valence-electron chi connectivity index (χ0n) is 12.4. The van der Waals surface area contributed by atoms with Crippen LogP contribution in [0.2, 0.25) is 0 Å². The first-order chi connectivity index (χ1) is 11.1. The summed E-state index contributed by atoms with van der Waals surface area (Å²) in [5, 5.41) is 2.28. The SMILES string of the molecule is NNC(=O)C(=O)Nc1ccc(OOC(=O)C2CCCCC2)nc1. The van der Waals surface area contributed by atoms with Gasteiger partial charge in [-0.3, -0.25) is 19.9 Å². The fourth-order valence-corrected chi connectivity index (χ4v) is 2.25. The van der Waals surface area contributed by atoms with Crippen LogP contribution in [0.1, 0.15) is 32.1 Å². The summed E-state index contributed by atoms with van der Waals surface area (Å²) in [4.78, 5) is 47.6. The van der Waals surface area contributed by atoms with Crippen molar-refractivity contribution in [1.29, 1.82) is 0 Å². The van der Waals surface area contributed by atoms with Gasteiger partial charge in [-0.1, -0.05) is 19.3 Å². The molecule has 0 spiro atoms. The lowest BCUT2D eigenvalue weighted by molar-refractivity contribution is -0.221. The van der Waals surface area contributed by atoms with Gasteiger partial charge in [0, 0.05) is 6.07 Å².